The molecular weight excluding hydrogens is 292 g/mol. The average Bonchev–Trinajstić information content (AvgIpc) is 2.50. The van der Waals surface area contributed by atoms with E-state index in [1.807, 2.05) is 25.1 Å². The molecule has 1 aromatic carbocycles. The highest BCUT2D eigenvalue weighted by atomic mass is 16.5. The van der Waals surface area contributed by atoms with E-state index in [0.29, 0.717) is 19.3 Å². The van der Waals surface area contributed by atoms with Crippen LogP contribution in [0.3, 0.4) is 0 Å². The van der Waals surface area contributed by atoms with Gasteiger partial charge in [-0.25, -0.2) is 4.79 Å². The minimum Gasteiger partial charge on any atom is -0.494 e. The lowest BCUT2D eigenvalue weighted by Gasteiger charge is -2.29. The molecule has 5 nitrogen and oxygen atoms in total. The second-order valence-electron chi connectivity index (χ2n) is 6.10. The van der Waals surface area contributed by atoms with Crippen molar-refractivity contribution in [2.75, 3.05) is 23.8 Å². The molecule has 0 aliphatic heterocycles. The minimum absolute atomic E-state index is 0.353. The molecule has 23 heavy (non-hydrogen) atoms. The molecule has 0 aromatic heterocycles. The molecule has 0 spiro atoms. The largest absolute Gasteiger partial charge is 0.494 e. The van der Waals surface area contributed by atoms with Gasteiger partial charge in [-0.2, -0.15) is 0 Å². The first-order chi connectivity index (χ1) is 11.1. The molecule has 2 atom stereocenters. The van der Waals surface area contributed by atoms with E-state index in [1.54, 1.807) is 6.92 Å². The van der Waals surface area contributed by atoms with Crippen molar-refractivity contribution in [2.45, 2.75) is 52.5 Å². The Morgan fingerprint density at radius 1 is 1.22 bits per heavy atom. The van der Waals surface area contributed by atoms with Gasteiger partial charge < -0.3 is 14.8 Å². The molecule has 0 saturated heterocycles. The van der Waals surface area contributed by atoms with Crippen LogP contribution in [0.25, 0.3) is 0 Å². The summed E-state index contributed by atoms with van der Waals surface area (Å²) >= 11 is 0. The Morgan fingerprint density at radius 3 is 2.74 bits per heavy atom. The number of amides is 1. The first-order valence-corrected chi connectivity index (χ1v) is 8.59. The van der Waals surface area contributed by atoms with Crippen LogP contribution in [-0.4, -0.2) is 25.3 Å². The minimum atomic E-state index is -0.434. The van der Waals surface area contributed by atoms with Gasteiger partial charge in [0.2, 0.25) is 0 Å². The summed E-state index contributed by atoms with van der Waals surface area (Å²) < 4.78 is 10.6. The SMILES string of the molecule is CCOC(=O)Nc1ccc(OCC)cc1NC1CCCC(C)C1. The van der Waals surface area contributed by atoms with Crippen molar-refractivity contribution in [3.8, 4) is 5.75 Å². The van der Waals surface area contributed by atoms with Gasteiger partial charge in [0.15, 0.2) is 0 Å². The Morgan fingerprint density at radius 2 is 2.04 bits per heavy atom. The molecule has 2 N–H and O–H groups in total. The summed E-state index contributed by atoms with van der Waals surface area (Å²) in [5, 5.41) is 6.38. The summed E-state index contributed by atoms with van der Waals surface area (Å²) in [5.74, 6) is 1.53. The Kier molecular flexibility index (Phi) is 6.56. The standard InChI is InChI=1S/C18H28N2O3/c1-4-22-15-9-10-16(20-18(21)23-5-2)17(12-15)19-14-8-6-7-13(3)11-14/h9-10,12-14,19H,4-8,11H2,1-3H3,(H,20,21). The van der Waals surface area contributed by atoms with Gasteiger partial charge in [0.1, 0.15) is 5.75 Å². The molecule has 1 aliphatic carbocycles. The van der Waals surface area contributed by atoms with Gasteiger partial charge in [-0.05, 0) is 44.7 Å². The second-order valence-corrected chi connectivity index (χ2v) is 6.10. The topological polar surface area (TPSA) is 59.6 Å². The summed E-state index contributed by atoms with van der Waals surface area (Å²) in [6, 6.07) is 6.10. The summed E-state index contributed by atoms with van der Waals surface area (Å²) in [7, 11) is 0. The number of hydrogen-bond donors (Lipinski definition) is 2. The van der Waals surface area contributed by atoms with Gasteiger partial charge >= 0.3 is 6.09 Å². The lowest BCUT2D eigenvalue weighted by molar-refractivity contribution is 0.168. The van der Waals surface area contributed by atoms with Crippen molar-refractivity contribution in [3.05, 3.63) is 18.2 Å². The van der Waals surface area contributed by atoms with Gasteiger partial charge in [0, 0.05) is 12.1 Å². The zero-order chi connectivity index (χ0) is 16.7. The van der Waals surface area contributed by atoms with Crippen LogP contribution in [0, 0.1) is 5.92 Å². The monoisotopic (exact) mass is 320 g/mol. The van der Waals surface area contributed by atoms with Gasteiger partial charge in [-0.3, -0.25) is 5.32 Å². The maximum absolute atomic E-state index is 11.7. The first kappa shape index (κ1) is 17.4. The van der Waals surface area contributed by atoms with E-state index in [9.17, 15) is 4.79 Å². The van der Waals surface area contributed by atoms with E-state index in [-0.39, 0.29) is 0 Å². The fourth-order valence-electron chi connectivity index (χ4n) is 3.07. The zero-order valence-corrected chi connectivity index (χ0v) is 14.4. The molecule has 5 heteroatoms. The molecule has 1 aliphatic rings. The molecular formula is C18H28N2O3. The number of anilines is 2. The third-order valence-corrected chi connectivity index (χ3v) is 4.11. The lowest BCUT2D eigenvalue weighted by atomic mass is 9.87. The van der Waals surface area contributed by atoms with E-state index >= 15 is 0 Å². The highest BCUT2D eigenvalue weighted by Gasteiger charge is 2.20. The third kappa shape index (κ3) is 5.34. The summed E-state index contributed by atoms with van der Waals surface area (Å²) in [6.07, 6.45) is 4.41. The fourth-order valence-corrected chi connectivity index (χ4v) is 3.07. The van der Waals surface area contributed by atoms with Crippen molar-refractivity contribution < 1.29 is 14.3 Å². The molecule has 1 amide bonds. The quantitative estimate of drug-likeness (QED) is 0.801. The maximum atomic E-state index is 11.7. The Bertz CT molecular complexity index is 519. The number of hydrogen-bond acceptors (Lipinski definition) is 4. The highest BCUT2D eigenvalue weighted by Crippen LogP contribution is 2.32. The maximum Gasteiger partial charge on any atom is 0.411 e. The molecule has 128 valence electrons. The molecule has 0 heterocycles. The van der Waals surface area contributed by atoms with Crippen LogP contribution < -0.4 is 15.4 Å². The molecule has 1 fully saturated rings. The second kappa shape index (κ2) is 8.65. The Hall–Kier alpha value is -1.91. The average molecular weight is 320 g/mol. The van der Waals surface area contributed by atoms with Crippen LogP contribution >= 0.6 is 0 Å². The van der Waals surface area contributed by atoms with Gasteiger partial charge in [-0.15, -0.1) is 0 Å². The number of nitrogens with one attached hydrogen (secondary N) is 2. The van der Waals surface area contributed by atoms with Crippen molar-refractivity contribution in [3.63, 3.8) is 0 Å². The van der Waals surface area contributed by atoms with E-state index in [4.69, 9.17) is 9.47 Å². The van der Waals surface area contributed by atoms with Crippen LogP contribution in [0.1, 0.15) is 46.5 Å². The number of carbonyl (C=O) groups is 1. The van der Waals surface area contributed by atoms with Crippen molar-refractivity contribution in [1.29, 1.82) is 0 Å². The number of carbonyl (C=O) groups excluding carboxylic acids is 1. The van der Waals surface area contributed by atoms with Gasteiger partial charge in [0.05, 0.1) is 24.6 Å². The predicted molar refractivity (Wildman–Crippen MR) is 93.3 cm³/mol. The first-order valence-electron chi connectivity index (χ1n) is 8.59. The molecule has 1 saturated carbocycles. The number of benzene rings is 1. The van der Waals surface area contributed by atoms with Crippen LogP contribution in [0.4, 0.5) is 16.2 Å². The smallest absolute Gasteiger partial charge is 0.411 e. The van der Waals surface area contributed by atoms with Crippen LogP contribution in [-0.2, 0) is 4.74 Å². The molecule has 0 radical (unpaired) electrons. The summed E-state index contributed by atoms with van der Waals surface area (Å²) in [5.41, 5.74) is 1.62. The highest BCUT2D eigenvalue weighted by molar-refractivity contribution is 5.89. The van der Waals surface area contributed by atoms with Crippen molar-refractivity contribution in [1.82, 2.24) is 0 Å². The van der Waals surface area contributed by atoms with E-state index in [0.717, 1.165) is 35.9 Å². The summed E-state index contributed by atoms with van der Waals surface area (Å²) in [4.78, 5) is 11.7. The van der Waals surface area contributed by atoms with Crippen molar-refractivity contribution in [2.24, 2.45) is 5.92 Å². The predicted octanol–water partition coefficient (Wildman–Crippen LogP) is 4.64. The van der Waals surface area contributed by atoms with Crippen LogP contribution in [0.5, 0.6) is 5.75 Å². The molecule has 2 unspecified atom stereocenters. The zero-order valence-electron chi connectivity index (χ0n) is 14.4. The molecule has 1 aromatic rings. The van der Waals surface area contributed by atoms with Crippen LogP contribution in [0.2, 0.25) is 0 Å². The van der Waals surface area contributed by atoms with E-state index in [2.05, 4.69) is 17.6 Å². The Labute approximate surface area is 138 Å². The van der Waals surface area contributed by atoms with E-state index in [1.165, 1.54) is 12.8 Å². The van der Waals surface area contributed by atoms with Gasteiger partial charge in [-0.1, -0.05) is 19.8 Å². The van der Waals surface area contributed by atoms with Crippen LogP contribution in [0.15, 0.2) is 18.2 Å². The van der Waals surface area contributed by atoms with E-state index < -0.39 is 6.09 Å². The normalized spacial score (nSPS) is 20.7. The number of rotatable bonds is 6. The Balaban J connectivity index is 2.14. The summed E-state index contributed by atoms with van der Waals surface area (Å²) in [6.45, 7) is 7.01. The third-order valence-electron chi connectivity index (χ3n) is 4.11. The molecule has 0 bridgehead atoms. The lowest BCUT2D eigenvalue weighted by Crippen LogP contribution is -2.27. The van der Waals surface area contributed by atoms with Crippen molar-refractivity contribution >= 4 is 17.5 Å². The number of ether oxygens (including phenoxy) is 2. The molecule has 2 rings (SSSR count). The fraction of sp³-hybridized carbons (Fsp3) is 0.611. The van der Waals surface area contributed by atoms with Gasteiger partial charge in [0.25, 0.3) is 0 Å².